The molecule has 0 saturated carbocycles. The number of carboxylic acid groups (broad SMARTS) is 1. The lowest BCUT2D eigenvalue weighted by atomic mass is 10.1. The molecule has 1 atom stereocenters. The molecule has 0 saturated heterocycles. The Labute approximate surface area is 77.2 Å². The highest BCUT2D eigenvalue weighted by Gasteiger charge is 2.09. The second-order valence-corrected chi connectivity index (χ2v) is 3.00. The summed E-state index contributed by atoms with van der Waals surface area (Å²) in [6.07, 6.45) is 7.14. The second-order valence-electron chi connectivity index (χ2n) is 3.00. The van der Waals surface area contributed by atoms with Crippen molar-refractivity contribution in [3.63, 3.8) is 0 Å². The molecule has 0 aliphatic heterocycles. The van der Waals surface area contributed by atoms with Crippen LogP contribution in [0, 0.1) is 0 Å². The van der Waals surface area contributed by atoms with Crippen molar-refractivity contribution in [3.05, 3.63) is 18.7 Å². The highest BCUT2D eigenvalue weighted by molar-refractivity contribution is 5.66. The molecule has 1 aromatic rings. The van der Waals surface area contributed by atoms with E-state index in [1.165, 1.54) is 0 Å². The summed E-state index contributed by atoms with van der Waals surface area (Å²) in [5.74, 6) is -0.737. The summed E-state index contributed by atoms with van der Waals surface area (Å²) in [7, 11) is 0. The smallest absolute Gasteiger partial charge is 0.303 e. The zero-order valence-corrected chi connectivity index (χ0v) is 7.68. The molecule has 0 amide bonds. The van der Waals surface area contributed by atoms with E-state index in [0.717, 1.165) is 6.42 Å². The lowest BCUT2D eigenvalue weighted by Gasteiger charge is -2.14. The summed E-state index contributed by atoms with van der Waals surface area (Å²) in [5.41, 5.74) is 0. The van der Waals surface area contributed by atoms with Crippen LogP contribution in [0.4, 0.5) is 0 Å². The number of aliphatic carboxylic acids is 1. The Balaban J connectivity index is 2.49. The minimum absolute atomic E-state index is 0.219. The number of rotatable bonds is 5. The van der Waals surface area contributed by atoms with Gasteiger partial charge in [0.1, 0.15) is 0 Å². The van der Waals surface area contributed by atoms with E-state index in [-0.39, 0.29) is 12.5 Å². The average molecular weight is 182 g/mol. The maximum atomic E-state index is 10.4. The van der Waals surface area contributed by atoms with Crippen LogP contribution in [0.2, 0.25) is 0 Å². The Morgan fingerprint density at radius 1 is 1.69 bits per heavy atom. The van der Waals surface area contributed by atoms with Crippen molar-refractivity contribution in [3.8, 4) is 0 Å². The molecule has 0 spiro atoms. The largest absolute Gasteiger partial charge is 0.481 e. The van der Waals surface area contributed by atoms with Gasteiger partial charge in [0.15, 0.2) is 0 Å². The van der Waals surface area contributed by atoms with Crippen molar-refractivity contribution in [2.75, 3.05) is 0 Å². The van der Waals surface area contributed by atoms with E-state index < -0.39 is 5.97 Å². The molecule has 1 N–H and O–H groups in total. The molecule has 0 radical (unpaired) electrons. The Morgan fingerprint density at radius 3 is 2.92 bits per heavy atom. The Bertz CT molecular complexity index is 257. The van der Waals surface area contributed by atoms with Gasteiger partial charge in [-0.2, -0.15) is 0 Å². The molecule has 1 aromatic heterocycles. The fourth-order valence-electron chi connectivity index (χ4n) is 1.34. The van der Waals surface area contributed by atoms with Gasteiger partial charge < -0.3 is 9.67 Å². The topological polar surface area (TPSA) is 55.1 Å². The molecule has 4 nitrogen and oxygen atoms in total. The number of imidazole rings is 1. The lowest BCUT2D eigenvalue weighted by molar-refractivity contribution is -0.137. The number of hydrogen-bond acceptors (Lipinski definition) is 2. The maximum absolute atomic E-state index is 10.4. The van der Waals surface area contributed by atoms with Gasteiger partial charge in [-0.1, -0.05) is 6.92 Å². The standard InChI is InChI=1S/C9H14N2O2/c1-2-8(3-4-9(12)13)11-6-5-10-7-11/h5-8H,2-4H2,1H3,(H,12,13). The van der Waals surface area contributed by atoms with E-state index in [1.807, 2.05) is 17.7 Å². The lowest BCUT2D eigenvalue weighted by Crippen LogP contribution is -2.08. The molecule has 0 bridgehead atoms. The van der Waals surface area contributed by atoms with Gasteiger partial charge in [-0.05, 0) is 12.8 Å². The average Bonchev–Trinajstić information content (AvgIpc) is 2.58. The summed E-state index contributed by atoms with van der Waals surface area (Å²) in [6, 6.07) is 0.263. The first kappa shape index (κ1) is 9.77. The Kier molecular flexibility index (Phi) is 3.49. The van der Waals surface area contributed by atoms with Gasteiger partial charge in [-0.25, -0.2) is 4.98 Å². The molecule has 4 heteroatoms. The zero-order valence-electron chi connectivity index (χ0n) is 7.68. The van der Waals surface area contributed by atoms with Gasteiger partial charge in [-0.3, -0.25) is 4.79 Å². The fraction of sp³-hybridized carbons (Fsp3) is 0.556. The maximum Gasteiger partial charge on any atom is 0.303 e. The van der Waals surface area contributed by atoms with Crippen molar-refractivity contribution in [1.29, 1.82) is 0 Å². The molecule has 1 rings (SSSR count). The summed E-state index contributed by atoms with van der Waals surface area (Å²) in [5, 5.41) is 8.53. The fourth-order valence-corrected chi connectivity index (χ4v) is 1.34. The van der Waals surface area contributed by atoms with Gasteiger partial charge in [0.2, 0.25) is 0 Å². The molecule has 0 aliphatic rings. The van der Waals surface area contributed by atoms with Crippen molar-refractivity contribution in [1.82, 2.24) is 9.55 Å². The van der Waals surface area contributed by atoms with Crippen LogP contribution in [-0.4, -0.2) is 20.6 Å². The Morgan fingerprint density at radius 2 is 2.46 bits per heavy atom. The van der Waals surface area contributed by atoms with Gasteiger partial charge in [0.25, 0.3) is 0 Å². The third-order valence-electron chi connectivity index (χ3n) is 2.11. The van der Waals surface area contributed by atoms with Crippen LogP contribution in [0.1, 0.15) is 32.2 Å². The molecule has 72 valence electrons. The van der Waals surface area contributed by atoms with E-state index in [1.54, 1.807) is 12.5 Å². The number of hydrogen-bond donors (Lipinski definition) is 1. The highest BCUT2D eigenvalue weighted by atomic mass is 16.4. The predicted molar refractivity (Wildman–Crippen MR) is 48.4 cm³/mol. The van der Waals surface area contributed by atoms with Crippen molar-refractivity contribution in [2.24, 2.45) is 0 Å². The molecular weight excluding hydrogens is 168 g/mol. The summed E-state index contributed by atoms with van der Waals surface area (Å²) in [6.45, 7) is 2.05. The SMILES string of the molecule is CCC(CCC(=O)O)n1ccnc1. The van der Waals surface area contributed by atoms with Crippen LogP contribution in [-0.2, 0) is 4.79 Å². The first-order chi connectivity index (χ1) is 6.24. The van der Waals surface area contributed by atoms with Crippen LogP contribution in [0.15, 0.2) is 18.7 Å². The number of carbonyl (C=O) groups is 1. The number of nitrogens with zero attached hydrogens (tertiary/aromatic N) is 2. The van der Waals surface area contributed by atoms with E-state index >= 15 is 0 Å². The second kappa shape index (κ2) is 4.64. The molecular formula is C9H14N2O2. The molecule has 0 fully saturated rings. The van der Waals surface area contributed by atoms with Crippen molar-refractivity contribution < 1.29 is 9.90 Å². The van der Waals surface area contributed by atoms with Crippen LogP contribution in [0.3, 0.4) is 0 Å². The first-order valence-electron chi connectivity index (χ1n) is 4.43. The third-order valence-corrected chi connectivity index (χ3v) is 2.11. The van der Waals surface area contributed by atoms with Gasteiger partial charge >= 0.3 is 5.97 Å². The van der Waals surface area contributed by atoms with Gasteiger partial charge in [0.05, 0.1) is 6.33 Å². The van der Waals surface area contributed by atoms with Crippen molar-refractivity contribution in [2.45, 2.75) is 32.2 Å². The molecule has 0 aromatic carbocycles. The van der Waals surface area contributed by atoms with E-state index in [0.29, 0.717) is 6.42 Å². The third kappa shape index (κ3) is 2.89. The minimum Gasteiger partial charge on any atom is -0.481 e. The predicted octanol–water partition coefficient (Wildman–Crippen LogP) is 1.70. The van der Waals surface area contributed by atoms with E-state index in [4.69, 9.17) is 5.11 Å². The number of carboxylic acids is 1. The van der Waals surface area contributed by atoms with Crippen LogP contribution in [0.25, 0.3) is 0 Å². The van der Waals surface area contributed by atoms with Gasteiger partial charge in [-0.15, -0.1) is 0 Å². The Hall–Kier alpha value is -1.32. The first-order valence-corrected chi connectivity index (χ1v) is 4.43. The monoisotopic (exact) mass is 182 g/mol. The molecule has 0 aliphatic carbocycles. The van der Waals surface area contributed by atoms with E-state index in [2.05, 4.69) is 4.98 Å². The molecule has 13 heavy (non-hydrogen) atoms. The summed E-state index contributed by atoms with van der Waals surface area (Å²) in [4.78, 5) is 14.3. The van der Waals surface area contributed by atoms with E-state index in [9.17, 15) is 4.79 Å². The number of aromatic nitrogens is 2. The van der Waals surface area contributed by atoms with Crippen molar-refractivity contribution >= 4 is 5.97 Å². The molecule has 1 heterocycles. The summed E-state index contributed by atoms with van der Waals surface area (Å²) >= 11 is 0. The summed E-state index contributed by atoms with van der Waals surface area (Å²) < 4.78 is 1.96. The highest BCUT2D eigenvalue weighted by Crippen LogP contribution is 2.16. The minimum atomic E-state index is -0.737. The van der Waals surface area contributed by atoms with Crippen LogP contribution >= 0.6 is 0 Å². The zero-order chi connectivity index (χ0) is 9.68. The van der Waals surface area contributed by atoms with Crippen LogP contribution in [0.5, 0.6) is 0 Å². The normalized spacial score (nSPS) is 12.7. The van der Waals surface area contributed by atoms with Crippen LogP contribution < -0.4 is 0 Å². The quantitative estimate of drug-likeness (QED) is 0.754. The molecule has 1 unspecified atom stereocenters. The van der Waals surface area contributed by atoms with Gasteiger partial charge in [0, 0.05) is 24.9 Å².